The van der Waals surface area contributed by atoms with Crippen molar-refractivity contribution >= 4 is 5.91 Å². The zero-order valence-electron chi connectivity index (χ0n) is 14.1. The number of hydrogen-bond acceptors (Lipinski definition) is 4. The highest BCUT2D eigenvalue weighted by molar-refractivity contribution is 5.82. The van der Waals surface area contributed by atoms with E-state index in [1.807, 2.05) is 0 Å². The van der Waals surface area contributed by atoms with Gasteiger partial charge in [-0.3, -0.25) is 9.69 Å². The minimum absolute atomic E-state index is 0.270. The van der Waals surface area contributed by atoms with Crippen molar-refractivity contribution in [3.8, 4) is 0 Å². The molecule has 3 aliphatic rings. The van der Waals surface area contributed by atoms with Crippen LogP contribution in [0, 0.1) is 17.3 Å². The zero-order valence-corrected chi connectivity index (χ0v) is 14.1. The molecule has 126 valence electrons. The van der Waals surface area contributed by atoms with Crippen molar-refractivity contribution in [2.45, 2.75) is 39.2 Å². The van der Waals surface area contributed by atoms with E-state index < -0.39 is 0 Å². The van der Waals surface area contributed by atoms with Gasteiger partial charge in [0, 0.05) is 31.6 Å². The third-order valence-electron chi connectivity index (χ3n) is 5.88. The summed E-state index contributed by atoms with van der Waals surface area (Å²) in [6.45, 7) is 11.0. The molecule has 22 heavy (non-hydrogen) atoms. The SMILES string of the molecule is CC(C)C(CNC(=O)C1CC12CCNCC2)N1CCOCC1. The molecule has 0 radical (unpaired) electrons. The van der Waals surface area contributed by atoms with Crippen LogP contribution >= 0.6 is 0 Å². The highest BCUT2D eigenvalue weighted by Crippen LogP contribution is 2.58. The average molecular weight is 309 g/mol. The van der Waals surface area contributed by atoms with Crippen molar-refractivity contribution < 1.29 is 9.53 Å². The standard InChI is InChI=1S/C17H31N3O2/c1-13(2)15(20-7-9-22-10-8-20)12-19-16(21)14-11-17(14)3-5-18-6-4-17/h13-15,18H,3-12H2,1-2H3,(H,19,21). The van der Waals surface area contributed by atoms with E-state index in [0.717, 1.165) is 52.4 Å². The Kier molecular flexibility index (Phi) is 5.05. The molecule has 0 aromatic heterocycles. The van der Waals surface area contributed by atoms with Crippen LogP contribution in [-0.2, 0) is 9.53 Å². The van der Waals surface area contributed by atoms with E-state index in [-0.39, 0.29) is 5.92 Å². The van der Waals surface area contributed by atoms with E-state index in [0.29, 0.717) is 23.3 Å². The lowest BCUT2D eigenvalue weighted by Gasteiger charge is -2.37. The van der Waals surface area contributed by atoms with Gasteiger partial charge in [-0.1, -0.05) is 13.8 Å². The van der Waals surface area contributed by atoms with E-state index in [1.54, 1.807) is 0 Å². The maximum Gasteiger partial charge on any atom is 0.223 e. The quantitative estimate of drug-likeness (QED) is 0.790. The topological polar surface area (TPSA) is 53.6 Å². The van der Waals surface area contributed by atoms with Gasteiger partial charge in [-0.2, -0.15) is 0 Å². The van der Waals surface area contributed by atoms with Crippen LogP contribution in [0.2, 0.25) is 0 Å². The number of rotatable bonds is 5. The number of carbonyl (C=O) groups excluding carboxylic acids is 1. The summed E-state index contributed by atoms with van der Waals surface area (Å²) >= 11 is 0. The van der Waals surface area contributed by atoms with Crippen LogP contribution in [0.25, 0.3) is 0 Å². The second kappa shape index (κ2) is 6.85. The van der Waals surface area contributed by atoms with E-state index >= 15 is 0 Å². The Balaban J connectivity index is 1.48. The van der Waals surface area contributed by atoms with E-state index in [9.17, 15) is 4.79 Å². The molecule has 0 aromatic carbocycles. The summed E-state index contributed by atoms with van der Waals surface area (Å²) in [4.78, 5) is 15.0. The van der Waals surface area contributed by atoms with Crippen LogP contribution < -0.4 is 10.6 Å². The van der Waals surface area contributed by atoms with E-state index in [4.69, 9.17) is 4.74 Å². The molecule has 2 N–H and O–H groups in total. The molecule has 5 heteroatoms. The summed E-state index contributed by atoms with van der Waals surface area (Å²) in [6.07, 6.45) is 3.44. The Morgan fingerprint density at radius 3 is 2.64 bits per heavy atom. The second-order valence-electron chi connectivity index (χ2n) is 7.57. The first-order valence-electron chi connectivity index (χ1n) is 8.93. The maximum absolute atomic E-state index is 12.5. The van der Waals surface area contributed by atoms with E-state index in [1.165, 1.54) is 12.8 Å². The molecule has 1 saturated carbocycles. The van der Waals surface area contributed by atoms with Gasteiger partial charge in [0.2, 0.25) is 5.91 Å². The predicted octanol–water partition coefficient (Wildman–Crippen LogP) is 0.849. The van der Waals surface area contributed by atoms with Crippen molar-refractivity contribution in [2.75, 3.05) is 45.9 Å². The molecule has 2 unspecified atom stereocenters. The fourth-order valence-corrected chi connectivity index (χ4v) is 4.22. The second-order valence-corrected chi connectivity index (χ2v) is 7.57. The molecule has 2 aliphatic heterocycles. The summed E-state index contributed by atoms with van der Waals surface area (Å²) < 4.78 is 5.44. The Morgan fingerprint density at radius 1 is 1.32 bits per heavy atom. The first kappa shape index (κ1) is 16.2. The number of nitrogens with one attached hydrogen (secondary N) is 2. The van der Waals surface area contributed by atoms with Crippen LogP contribution in [-0.4, -0.2) is 62.8 Å². The Labute approximate surface area is 134 Å². The maximum atomic E-state index is 12.5. The van der Waals surface area contributed by atoms with Gasteiger partial charge in [0.05, 0.1) is 13.2 Å². The van der Waals surface area contributed by atoms with Gasteiger partial charge in [0.1, 0.15) is 0 Å². The monoisotopic (exact) mass is 309 g/mol. The van der Waals surface area contributed by atoms with Crippen molar-refractivity contribution in [1.29, 1.82) is 0 Å². The number of piperidine rings is 1. The minimum Gasteiger partial charge on any atom is -0.379 e. The first-order valence-corrected chi connectivity index (χ1v) is 8.93. The molecule has 2 atom stereocenters. The van der Waals surface area contributed by atoms with Crippen LogP contribution in [0.1, 0.15) is 33.1 Å². The van der Waals surface area contributed by atoms with Crippen molar-refractivity contribution in [3.05, 3.63) is 0 Å². The van der Waals surface area contributed by atoms with Gasteiger partial charge in [0.15, 0.2) is 0 Å². The number of nitrogens with zero attached hydrogens (tertiary/aromatic N) is 1. The number of amides is 1. The zero-order chi connectivity index (χ0) is 15.6. The number of hydrogen-bond donors (Lipinski definition) is 2. The van der Waals surface area contributed by atoms with Gasteiger partial charge in [-0.25, -0.2) is 0 Å². The third kappa shape index (κ3) is 3.47. The Morgan fingerprint density at radius 2 is 2.00 bits per heavy atom. The smallest absolute Gasteiger partial charge is 0.223 e. The molecule has 1 aliphatic carbocycles. The largest absolute Gasteiger partial charge is 0.379 e. The van der Waals surface area contributed by atoms with Crippen molar-refractivity contribution in [1.82, 2.24) is 15.5 Å². The van der Waals surface area contributed by atoms with Gasteiger partial charge < -0.3 is 15.4 Å². The molecular weight excluding hydrogens is 278 g/mol. The van der Waals surface area contributed by atoms with Crippen LogP contribution in [0.5, 0.6) is 0 Å². The Bertz CT molecular complexity index is 387. The first-order chi connectivity index (χ1) is 10.6. The molecule has 5 nitrogen and oxygen atoms in total. The minimum atomic E-state index is 0.270. The summed E-state index contributed by atoms with van der Waals surface area (Å²) in [6, 6.07) is 0.426. The highest BCUT2D eigenvalue weighted by atomic mass is 16.5. The number of carbonyl (C=O) groups is 1. The van der Waals surface area contributed by atoms with Crippen molar-refractivity contribution in [3.63, 3.8) is 0 Å². The third-order valence-corrected chi connectivity index (χ3v) is 5.88. The van der Waals surface area contributed by atoms with Gasteiger partial charge >= 0.3 is 0 Å². The lowest BCUT2D eigenvalue weighted by molar-refractivity contribution is -0.123. The fourth-order valence-electron chi connectivity index (χ4n) is 4.22. The summed E-state index contributed by atoms with van der Waals surface area (Å²) in [5.41, 5.74) is 0.335. The van der Waals surface area contributed by atoms with Gasteiger partial charge in [0.25, 0.3) is 0 Å². The van der Waals surface area contributed by atoms with E-state index in [2.05, 4.69) is 29.4 Å². The molecule has 1 amide bonds. The van der Waals surface area contributed by atoms with Crippen LogP contribution in [0.3, 0.4) is 0 Å². The summed E-state index contributed by atoms with van der Waals surface area (Å²) in [5, 5.41) is 6.65. The number of ether oxygens (including phenoxy) is 1. The summed E-state index contributed by atoms with van der Waals surface area (Å²) in [5.74, 6) is 1.11. The van der Waals surface area contributed by atoms with Crippen molar-refractivity contribution in [2.24, 2.45) is 17.3 Å². The molecular formula is C17H31N3O2. The Hall–Kier alpha value is -0.650. The van der Waals surface area contributed by atoms with Crippen LogP contribution in [0.15, 0.2) is 0 Å². The molecule has 0 bridgehead atoms. The van der Waals surface area contributed by atoms with Gasteiger partial charge in [-0.15, -0.1) is 0 Å². The lowest BCUT2D eigenvalue weighted by Crippen LogP contribution is -2.51. The molecule has 3 rings (SSSR count). The fraction of sp³-hybridized carbons (Fsp3) is 0.941. The summed E-state index contributed by atoms with van der Waals surface area (Å²) in [7, 11) is 0. The van der Waals surface area contributed by atoms with Crippen LogP contribution in [0.4, 0.5) is 0 Å². The van der Waals surface area contributed by atoms with Gasteiger partial charge in [-0.05, 0) is 43.7 Å². The average Bonchev–Trinajstić information content (AvgIpc) is 3.22. The molecule has 1 spiro atoms. The number of morpholine rings is 1. The molecule has 2 saturated heterocycles. The predicted molar refractivity (Wildman–Crippen MR) is 86.7 cm³/mol. The highest BCUT2D eigenvalue weighted by Gasteiger charge is 2.57. The normalized spacial score (nSPS) is 29.5. The molecule has 3 fully saturated rings. The molecule has 2 heterocycles. The lowest BCUT2D eigenvalue weighted by atomic mass is 9.91. The molecule has 0 aromatic rings.